The Bertz CT molecular complexity index is 2010. The number of aryl methyl sites for hydroxylation is 5. The molecular weight excluding hydrogens is 582 g/mol. The summed E-state index contributed by atoms with van der Waals surface area (Å²) < 4.78 is 0. The number of nitrogens with zero attached hydrogens (tertiary/aromatic N) is 9. The Morgan fingerprint density at radius 3 is 0.617 bits per heavy atom. The van der Waals surface area contributed by atoms with E-state index >= 15 is 0 Å². The molecule has 9 nitrogen and oxygen atoms in total. The number of rotatable bonds is 6. The second-order valence-corrected chi connectivity index (χ2v) is 11.3. The van der Waals surface area contributed by atoms with Gasteiger partial charge >= 0.3 is 0 Å². The summed E-state index contributed by atoms with van der Waals surface area (Å²) in [5.74, 6) is 6.16. The number of hydrogen-bond donors (Lipinski definition) is 0. The van der Waals surface area contributed by atoms with Crippen LogP contribution >= 0.6 is 0 Å². The van der Waals surface area contributed by atoms with Crippen LogP contribution in [-0.2, 0) is 0 Å². The molecule has 0 aliphatic carbocycles. The fourth-order valence-corrected chi connectivity index (χ4v) is 5.48. The highest BCUT2D eigenvalue weighted by atomic mass is 15.0. The number of aromatic nitrogens is 9. The second kappa shape index (κ2) is 12.4. The van der Waals surface area contributed by atoms with Crippen LogP contribution in [0.5, 0.6) is 0 Å². The lowest BCUT2D eigenvalue weighted by Gasteiger charge is -2.09. The van der Waals surface area contributed by atoms with Crippen LogP contribution in [0.3, 0.4) is 0 Å². The van der Waals surface area contributed by atoms with Gasteiger partial charge in [0, 0.05) is 22.3 Å². The van der Waals surface area contributed by atoms with Gasteiger partial charge in [0.2, 0.25) is 0 Å². The highest BCUT2D eigenvalue weighted by Gasteiger charge is 2.11. The molecule has 0 unspecified atom stereocenters. The predicted molar refractivity (Wildman–Crippen MR) is 183 cm³/mol. The maximum Gasteiger partial charge on any atom is 0.163 e. The van der Waals surface area contributed by atoms with E-state index in [9.17, 15) is 0 Å². The van der Waals surface area contributed by atoms with E-state index in [1.165, 1.54) is 0 Å². The summed E-state index contributed by atoms with van der Waals surface area (Å²) in [5, 5.41) is 0. The Morgan fingerprint density at radius 2 is 0.383 bits per heavy atom. The van der Waals surface area contributed by atoms with Crippen molar-refractivity contribution in [1.29, 1.82) is 0 Å². The third-order valence-corrected chi connectivity index (χ3v) is 7.70. The Labute approximate surface area is 273 Å². The van der Waals surface area contributed by atoms with Crippen molar-refractivity contribution < 1.29 is 0 Å². The molecule has 0 saturated heterocycles. The SMILES string of the molecule is Cc1nc(C)nc(-c2ccc(-c3ccc(-c4nc(C)nc(-c5ccc(-c6ccc(-c7nc(C)nc(C)n7)cc6)cc5)n4)cc3)cc2)n1. The molecule has 4 aromatic carbocycles. The van der Waals surface area contributed by atoms with Crippen molar-refractivity contribution in [1.82, 2.24) is 44.9 Å². The summed E-state index contributed by atoms with van der Waals surface area (Å²) >= 11 is 0. The van der Waals surface area contributed by atoms with Gasteiger partial charge in [0.15, 0.2) is 23.3 Å². The zero-order valence-electron chi connectivity index (χ0n) is 26.8. The van der Waals surface area contributed by atoms with Crippen molar-refractivity contribution in [2.24, 2.45) is 0 Å². The van der Waals surface area contributed by atoms with E-state index in [0.29, 0.717) is 52.4 Å². The molecule has 0 N–H and O–H groups in total. The lowest BCUT2D eigenvalue weighted by atomic mass is 10.0. The minimum absolute atomic E-state index is 0.637. The third-order valence-electron chi connectivity index (χ3n) is 7.70. The molecular formula is C38H31N9. The summed E-state index contributed by atoms with van der Waals surface area (Å²) in [6.45, 7) is 9.41. The fourth-order valence-electron chi connectivity index (χ4n) is 5.48. The lowest BCUT2D eigenvalue weighted by Crippen LogP contribution is -1.99. The first-order valence-corrected chi connectivity index (χ1v) is 15.3. The average Bonchev–Trinajstić information content (AvgIpc) is 3.07. The largest absolute Gasteiger partial charge is 0.219 e. The topological polar surface area (TPSA) is 116 Å². The van der Waals surface area contributed by atoms with E-state index in [2.05, 4.69) is 88.4 Å². The van der Waals surface area contributed by atoms with Crippen molar-refractivity contribution in [2.75, 3.05) is 0 Å². The lowest BCUT2D eigenvalue weighted by molar-refractivity contribution is 0.928. The van der Waals surface area contributed by atoms with Crippen molar-refractivity contribution in [2.45, 2.75) is 34.6 Å². The zero-order chi connectivity index (χ0) is 32.5. The Morgan fingerprint density at radius 1 is 0.213 bits per heavy atom. The van der Waals surface area contributed by atoms with Gasteiger partial charge in [-0.1, -0.05) is 97.1 Å². The van der Waals surface area contributed by atoms with Gasteiger partial charge in [-0.2, -0.15) is 0 Å². The van der Waals surface area contributed by atoms with Crippen molar-refractivity contribution in [3.8, 4) is 67.8 Å². The maximum absolute atomic E-state index is 4.84. The molecule has 0 amide bonds. The van der Waals surface area contributed by atoms with E-state index < -0.39 is 0 Å². The molecule has 228 valence electrons. The van der Waals surface area contributed by atoms with Gasteiger partial charge in [0.25, 0.3) is 0 Å². The van der Waals surface area contributed by atoms with Gasteiger partial charge < -0.3 is 0 Å². The van der Waals surface area contributed by atoms with E-state index in [-0.39, 0.29) is 0 Å². The molecule has 47 heavy (non-hydrogen) atoms. The quantitative estimate of drug-likeness (QED) is 0.185. The van der Waals surface area contributed by atoms with Gasteiger partial charge in [-0.25, -0.2) is 44.9 Å². The number of benzene rings is 4. The van der Waals surface area contributed by atoms with Gasteiger partial charge in [0.1, 0.15) is 29.1 Å². The van der Waals surface area contributed by atoms with Crippen molar-refractivity contribution in [3.63, 3.8) is 0 Å². The third kappa shape index (κ3) is 6.50. The molecule has 0 bridgehead atoms. The summed E-state index contributed by atoms with van der Waals surface area (Å²) in [6.07, 6.45) is 0. The summed E-state index contributed by atoms with van der Waals surface area (Å²) in [5.41, 5.74) is 8.15. The van der Waals surface area contributed by atoms with Gasteiger partial charge in [-0.15, -0.1) is 0 Å². The molecule has 0 fully saturated rings. The van der Waals surface area contributed by atoms with Crippen LogP contribution in [-0.4, -0.2) is 44.9 Å². The van der Waals surface area contributed by atoms with Crippen LogP contribution in [0.25, 0.3) is 67.8 Å². The first-order chi connectivity index (χ1) is 22.8. The monoisotopic (exact) mass is 613 g/mol. The Hall–Kier alpha value is -6.09. The van der Waals surface area contributed by atoms with Crippen LogP contribution in [0, 0.1) is 34.6 Å². The number of hydrogen-bond acceptors (Lipinski definition) is 9. The highest BCUT2D eigenvalue weighted by Crippen LogP contribution is 2.28. The Balaban J connectivity index is 1.08. The van der Waals surface area contributed by atoms with Gasteiger partial charge in [0.05, 0.1) is 0 Å². The summed E-state index contributed by atoms with van der Waals surface area (Å²) in [7, 11) is 0. The molecule has 0 aliphatic heterocycles. The zero-order valence-corrected chi connectivity index (χ0v) is 26.8. The fraction of sp³-hybridized carbons (Fsp3) is 0.132. The molecule has 0 radical (unpaired) electrons. The molecule has 0 aliphatic rings. The van der Waals surface area contributed by atoms with Crippen LogP contribution in [0.1, 0.15) is 29.1 Å². The molecule has 3 heterocycles. The van der Waals surface area contributed by atoms with Crippen molar-refractivity contribution in [3.05, 3.63) is 126 Å². The van der Waals surface area contributed by atoms with E-state index in [1.807, 2.05) is 83.1 Å². The van der Waals surface area contributed by atoms with Crippen LogP contribution in [0.4, 0.5) is 0 Å². The maximum atomic E-state index is 4.84. The minimum atomic E-state index is 0.637. The van der Waals surface area contributed by atoms with Crippen LogP contribution in [0.15, 0.2) is 97.1 Å². The first kappa shape index (κ1) is 29.6. The van der Waals surface area contributed by atoms with Crippen molar-refractivity contribution >= 4 is 0 Å². The van der Waals surface area contributed by atoms with E-state index in [4.69, 9.17) is 4.98 Å². The van der Waals surface area contributed by atoms with E-state index in [0.717, 1.165) is 44.5 Å². The molecule has 9 heteroatoms. The second-order valence-electron chi connectivity index (χ2n) is 11.3. The molecule has 7 rings (SSSR count). The minimum Gasteiger partial charge on any atom is -0.219 e. The summed E-state index contributed by atoms with van der Waals surface area (Å²) in [6, 6.07) is 33.0. The predicted octanol–water partition coefficient (Wildman–Crippen LogP) is 7.79. The standard InChI is InChI=1S/C38H31N9/c1-22-39-23(2)42-35(41-22)31-14-6-27(7-15-31)29-10-18-33(19-11-29)37-45-26(5)46-38(47-37)34-20-12-30(13-21-34)28-8-16-32(17-9-28)36-43-24(3)40-25(4)44-36/h6-21H,1-5H3. The molecule has 3 aromatic heterocycles. The Kier molecular flexibility index (Phi) is 7.79. The molecule has 7 aromatic rings. The highest BCUT2D eigenvalue weighted by molar-refractivity contribution is 5.72. The van der Waals surface area contributed by atoms with E-state index in [1.54, 1.807) is 0 Å². The molecule has 0 atom stereocenters. The normalized spacial score (nSPS) is 11.1. The average molecular weight is 614 g/mol. The molecule has 0 saturated carbocycles. The first-order valence-electron chi connectivity index (χ1n) is 15.3. The van der Waals surface area contributed by atoms with Crippen LogP contribution in [0.2, 0.25) is 0 Å². The molecule has 0 spiro atoms. The smallest absolute Gasteiger partial charge is 0.163 e. The van der Waals surface area contributed by atoms with Gasteiger partial charge in [-0.05, 0) is 56.9 Å². The van der Waals surface area contributed by atoms with Gasteiger partial charge in [-0.3, -0.25) is 0 Å². The summed E-state index contributed by atoms with van der Waals surface area (Å²) in [4.78, 5) is 40.6. The van der Waals surface area contributed by atoms with Crippen LogP contribution < -0.4 is 0 Å².